The first-order valence-electron chi connectivity index (χ1n) is 6.37. The predicted molar refractivity (Wildman–Crippen MR) is 83.1 cm³/mol. The lowest BCUT2D eigenvalue weighted by Crippen LogP contribution is -1.93. The van der Waals surface area contributed by atoms with Gasteiger partial charge in [0.2, 0.25) is 0 Å². The Bertz CT molecular complexity index is 805. The summed E-state index contributed by atoms with van der Waals surface area (Å²) < 4.78 is 10.4. The van der Waals surface area contributed by atoms with Crippen molar-refractivity contribution in [3.8, 4) is 22.9 Å². The molecule has 5 heteroatoms. The van der Waals surface area contributed by atoms with E-state index in [4.69, 9.17) is 21.1 Å². The Hall–Kier alpha value is -2.33. The second kappa shape index (κ2) is 5.58. The fourth-order valence-corrected chi connectivity index (χ4v) is 2.32. The maximum absolute atomic E-state index is 6.28. The van der Waals surface area contributed by atoms with Gasteiger partial charge in [0, 0.05) is 10.9 Å². The van der Waals surface area contributed by atoms with Crippen molar-refractivity contribution in [1.29, 1.82) is 0 Å². The van der Waals surface area contributed by atoms with Crippen molar-refractivity contribution in [1.82, 2.24) is 9.97 Å². The highest BCUT2D eigenvalue weighted by molar-refractivity contribution is 6.34. The molecule has 3 rings (SSSR count). The zero-order valence-electron chi connectivity index (χ0n) is 11.6. The van der Waals surface area contributed by atoms with E-state index in [0.29, 0.717) is 11.0 Å². The molecule has 0 aliphatic carbocycles. The van der Waals surface area contributed by atoms with Crippen LogP contribution in [0.15, 0.2) is 42.5 Å². The minimum atomic E-state index is 0.400. The van der Waals surface area contributed by atoms with E-state index < -0.39 is 0 Å². The summed E-state index contributed by atoms with van der Waals surface area (Å²) in [6.45, 7) is 0. The van der Waals surface area contributed by atoms with E-state index in [1.807, 2.05) is 42.5 Å². The van der Waals surface area contributed by atoms with Crippen LogP contribution in [0.25, 0.3) is 22.3 Å². The number of hydrogen-bond acceptors (Lipinski definition) is 4. The molecule has 3 aromatic rings. The van der Waals surface area contributed by atoms with Crippen molar-refractivity contribution in [3.63, 3.8) is 0 Å². The first kappa shape index (κ1) is 13.6. The average molecular weight is 301 g/mol. The molecule has 21 heavy (non-hydrogen) atoms. The van der Waals surface area contributed by atoms with E-state index in [9.17, 15) is 0 Å². The van der Waals surface area contributed by atoms with Gasteiger partial charge >= 0.3 is 0 Å². The number of ether oxygens (including phenoxy) is 2. The minimum absolute atomic E-state index is 0.400. The number of benzene rings is 2. The third-order valence-electron chi connectivity index (χ3n) is 3.18. The van der Waals surface area contributed by atoms with E-state index in [-0.39, 0.29) is 0 Å². The van der Waals surface area contributed by atoms with E-state index in [1.165, 1.54) is 0 Å². The van der Waals surface area contributed by atoms with Crippen molar-refractivity contribution < 1.29 is 9.47 Å². The van der Waals surface area contributed by atoms with Crippen LogP contribution in [0.5, 0.6) is 11.5 Å². The third-order valence-corrected chi connectivity index (χ3v) is 3.47. The number of halogens is 1. The van der Waals surface area contributed by atoms with Gasteiger partial charge in [-0.1, -0.05) is 23.7 Å². The van der Waals surface area contributed by atoms with Crippen molar-refractivity contribution in [2.24, 2.45) is 0 Å². The largest absolute Gasteiger partial charge is 0.497 e. The number of rotatable bonds is 3. The van der Waals surface area contributed by atoms with Gasteiger partial charge in [0.25, 0.3) is 0 Å². The van der Waals surface area contributed by atoms with Crippen LogP contribution < -0.4 is 9.47 Å². The summed E-state index contributed by atoms with van der Waals surface area (Å²) in [5, 5.41) is 1.17. The summed E-state index contributed by atoms with van der Waals surface area (Å²) in [5.41, 5.74) is 1.63. The number of fused-ring (bicyclic) bond motifs is 1. The van der Waals surface area contributed by atoms with Gasteiger partial charge in [0.1, 0.15) is 16.7 Å². The number of nitrogens with zero attached hydrogens (tertiary/aromatic N) is 2. The maximum atomic E-state index is 6.28. The fraction of sp³-hybridized carbons (Fsp3) is 0.125. The van der Waals surface area contributed by atoms with E-state index in [1.54, 1.807) is 14.2 Å². The molecule has 0 bridgehead atoms. The zero-order valence-corrected chi connectivity index (χ0v) is 12.4. The first-order valence-corrected chi connectivity index (χ1v) is 6.75. The number of aromatic nitrogens is 2. The number of methoxy groups -OCH3 is 2. The monoisotopic (exact) mass is 300 g/mol. The van der Waals surface area contributed by atoms with Crippen molar-refractivity contribution in [3.05, 3.63) is 47.6 Å². The number of hydrogen-bond donors (Lipinski definition) is 0. The summed E-state index contributed by atoms with van der Waals surface area (Å²) in [6.07, 6.45) is 0. The van der Waals surface area contributed by atoms with Crippen LogP contribution >= 0.6 is 11.6 Å². The standard InChI is InChI=1S/C16H13ClN2O2/c1-20-11-5-3-4-10(8-11)16-18-14-7-6-12(21-2)9-13(14)15(17)19-16/h3-9H,1-2H3. The molecule has 4 nitrogen and oxygen atoms in total. The SMILES string of the molecule is COc1cccc(-c2nc(Cl)c3cc(OC)ccc3n2)c1. The van der Waals surface area contributed by atoms with Gasteiger partial charge in [0.15, 0.2) is 5.82 Å². The highest BCUT2D eigenvalue weighted by atomic mass is 35.5. The highest BCUT2D eigenvalue weighted by Gasteiger charge is 2.09. The molecule has 0 aliphatic heterocycles. The van der Waals surface area contributed by atoms with Gasteiger partial charge in [-0.15, -0.1) is 0 Å². The molecule has 1 heterocycles. The van der Waals surface area contributed by atoms with Gasteiger partial charge in [-0.25, -0.2) is 9.97 Å². The topological polar surface area (TPSA) is 44.2 Å². The minimum Gasteiger partial charge on any atom is -0.497 e. The lowest BCUT2D eigenvalue weighted by Gasteiger charge is -2.07. The molecule has 0 amide bonds. The van der Waals surface area contributed by atoms with Crippen LogP contribution in [0, 0.1) is 0 Å². The molecule has 0 fully saturated rings. The summed E-state index contributed by atoms with van der Waals surface area (Å²) in [4.78, 5) is 8.92. The van der Waals surface area contributed by atoms with Crippen LogP contribution in [0.2, 0.25) is 5.15 Å². The Morgan fingerprint density at radius 3 is 2.43 bits per heavy atom. The Morgan fingerprint density at radius 1 is 0.905 bits per heavy atom. The summed E-state index contributed by atoms with van der Waals surface area (Å²) >= 11 is 6.28. The molecule has 0 radical (unpaired) electrons. The summed E-state index contributed by atoms with van der Waals surface area (Å²) in [5.74, 6) is 2.04. The van der Waals surface area contributed by atoms with Crippen molar-refractivity contribution >= 4 is 22.5 Å². The maximum Gasteiger partial charge on any atom is 0.161 e. The molecule has 106 valence electrons. The summed E-state index contributed by atoms with van der Waals surface area (Å²) in [6, 6.07) is 13.1. The van der Waals surface area contributed by atoms with Gasteiger partial charge in [-0.05, 0) is 30.3 Å². The zero-order chi connectivity index (χ0) is 14.8. The molecule has 1 aromatic heterocycles. The Balaban J connectivity index is 2.16. The molecule has 2 aromatic carbocycles. The highest BCUT2D eigenvalue weighted by Crippen LogP contribution is 2.28. The predicted octanol–water partition coefficient (Wildman–Crippen LogP) is 3.97. The molecule has 0 aliphatic rings. The second-order valence-corrected chi connectivity index (χ2v) is 4.81. The van der Waals surface area contributed by atoms with Gasteiger partial charge in [-0.3, -0.25) is 0 Å². The normalized spacial score (nSPS) is 10.6. The van der Waals surface area contributed by atoms with E-state index in [0.717, 1.165) is 28.0 Å². The molecule has 0 N–H and O–H groups in total. The Labute approximate surface area is 127 Å². The molecular formula is C16H13ClN2O2. The van der Waals surface area contributed by atoms with Gasteiger partial charge in [0.05, 0.1) is 19.7 Å². The van der Waals surface area contributed by atoms with Crippen LogP contribution in [-0.4, -0.2) is 24.2 Å². The molecule has 0 atom stereocenters. The van der Waals surface area contributed by atoms with Crippen LogP contribution in [0.3, 0.4) is 0 Å². The lowest BCUT2D eigenvalue weighted by molar-refractivity contribution is 0.415. The Morgan fingerprint density at radius 2 is 1.67 bits per heavy atom. The average Bonchev–Trinajstić information content (AvgIpc) is 2.54. The summed E-state index contributed by atoms with van der Waals surface area (Å²) in [7, 11) is 3.24. The van der Waals surface area contributed by atoms with Crippen molar-refractivity contribution in [2.45, 2.75) is 0 Å². The van der Waals surface area contributed by atoms with Crippen LogP contribution in [0.4, 0.5) is 0 Å². The van der Waals surface area contributed by atoms with Gasteiger partial charge < -0.3 is 9.47 Å². The van der Waals surface area contributed by atoms with Crippen LogP contribution in [0.1, 0.15) is 0 Å². The molecule has 0 unspecified atom stereocenters. The molecule has 0 saturated carbocycles. The van der Waals surface area contributed by atoms with E-state index >= 15 is 0 Å². The lowest BCUT2D eigenvalue weighted by atomic mass is 10.2. The van der Waals surface area contributed by atoms with Crippen LogP contribution in [-0.2, 0) is 0 Å². The molecule has 0 spiro atoms. The van der Waals surface area contributed by atoms with Crippen molar-refractivity contribution in [2.75, 3.05) is 14.2 Å². The molecular weight excluding hydrogens is 288 g/mol. The third kappa shape index (κ3) is 2.62. The molecule has 0 saturated heterocycles. The van der Waals surface area contributed by atoms with E-state index in [2.05, 4.69) is 9.97 Å². The first-order chi connectivity index (χ1) is 10.2. The smallest absolute Gasteiger partial charge is 0.161 e. The quantitative estimate of drug-likeness (QED) is 0.687. The fourth-order valence-electron chi connectivity index (χ4n) is 2.09. The second-order valence-electron chi connectivity index (χ2n) is 4.45. The Kier molecular flexibility index (Phi) is 3.62. The van der Waals surface area contributed by atoms with Gasteiger partial charge in [-0.2, -0.15) is 0 Å².